The third-order valence-corrected chi connectivity index (χ3v) is 11.4. The lowest BCUT2D eigenvalue weighted by Crippen LogP contribution is -2.67. The first kappa shape index (κ1) is 33.0. The SMILES string of the molecule is COC(=O)C(CCN[C@H](CO[Si](c1ccccc1)(c1ccccc1)C(C)(C)C)C(=O)OC)NC(=O)OC(C)(C)C. The lowest BCUT2D eigenvalue weighted by Gasteiger charge is -2.43. The number of esters is 2. The Hall–Kier alpha value is -3.21. The summed E-state index contributed by atoms with van der Waals surface area (Å²) in [5.41, 5.74) is -0.725. The molecule has 1 unspecified atom stereocenters. The summed E-state index contributed by atoms with van der Waals surface area (Å²) in [5.74, 6) is -1.11. The molecule has 2 aromatic carbocycles. The Bertz CT molecular complexity index is 1060. The maximum atomic E-state index is 12.8. The molecule has 0 aliphatic carbocycles. The topological polar surface area (TPSA) is 112 Å². The van der Waals surface area contributed by atoms with Gasteiger partial charge in [0.15, 0.2) is 0 Å². The van der Waals surface area contributed by atoms with Gasteiger partial charge < -0.3 is 29.3 Å². The van der Waals surface area contributed by atoms with Crippen LogP contribution in [-0.4, -0.2) is 71.4 Å². The van der Waals surface area contributed by atoms with Gasteiger partial charge in [0.05, 0.1) is 20.8 Å². The Morgan fingerprint density at radius 3 is 1.68 bits per heavy atom. The van der Waals surface area contributed by atoms with Crippen LogP contribution in [0.3, 0.4) is 0 Å². The zero-order chi connectivity index (χ0) is 30.0. The number of alkyl carbamates (subject to hydrolysis) is 1. The molecular formula is C30H44N2O7Si. The second kappa shape index (κ2) is 14.4. The van der Waals surface area contributed by atoms with Crippen molar-refractivity contribution in [3.05, 3.63) is 60.7 Å². The van der Waals surface area contributed by atoms with Crippen LogP contribution in [0.4, 0.5) is 4.79 Å². The summed E-state index contributed by atoms with van der Waals surface area (Å²) >= 11 is 0. The van der Waals surface area contributed by atoms with Crippen molar-refractivity contribution in [2.45, 2.75) is 70.7 Å². The molecule has 10 heteroatoms. The predicted octanol–water partition coefficient (Wildman–Crippen LogP) is 3.15. The number of carbonyl (C=O) groups is 3. The minimum atomic E-state index is -2.90. The van der Waals surface area contributed by atoms with E-state index in [1.165, 1.54) is 14.2 Å². The quantitative estimate of drug-likeness (QED) is 0.227. The van der Waals surface area contributed by atoms with E-state index in [2.05, 4.69) is 55.7 Å². The number of hydrogen-bond donors (Lipinski definition) is 2. The van der Waals surface area contributed by atoms with Crippen molar-refractivity contribution in [3.63, 3.8) is 0 Å². The van der Waals surface area contributed by atoms with E-state index in [-0.39, 0.29) is 24.6 Å². The number of nitrogens with one attached hydrogen (secondary N) is 2. The van der Waals surface area contributed by atoms with Crippen LogP contribution >= 0.6 is 0 Å². The Labute approximate surface area is 239 Å². The van der Waals surface area contributed by atoms with Gasteiger partial charge in [-0.3, -0.25) is 4.79 Å². The molecule has 0 aliphatic rings. The van der Waals surface area contributed by atoms with Crippen LogP contribution in [0.1, 0.15) is 48.0 Å². The highest BCUT2D eigenvalue weighted by atomic mass is 28.4. The van der Waals surface area contributed by atoms with Gasteiger partial charge in [-0.15, -0.1) is 0 Å². The molecule has 220 valence electrons. The number of carbonyl (C=O) groups excluding carboxylic acids is 3. The maximum absolute atomic E-state index is 12.8. The van der Waals surface area contributed by atoms with Gasteiger partial charge in [-0.05, 0) is 49.1 Å². The first-order chi connectivity index (χ1) is 18.7. The summed E-state index contributed by atoms with van der Waals surface area (Å²) in [4.78, 5) is 37.4. The van der Waals surface area contributed by atoms with Crippen molar-refractivity contribution < 1.29 is 33.0 Å². The van der Waals surface area contributed by atoms with Gasteiger partial charge in [0, 0.05) is 0 Å². The zero-order valence-corrected chi connectivity index (χ0v) is 25.9. The highest BCUT2D eigenvalue weighted by Gasteiger charge is 2.50. The van der Waals surface area contributed by atoms with E-state index in [1.54, 1.807) is 20.8 Å². The van der Waals surface area contributed by atoms with E-state index in [1.807, 2.05) is 36.4 Å². The largest absolute Gasteiger partial charge is 0.468 e. The van der Waals surface area contributed by atoms with Crippen molar-refractivity contribution in [1.82, 2.24) is 10.6 Å². The van der Waals surface area contributed by atoms with Crippen LogP contribution in [-0.2, 0) is 28.2 Å². The van der Waals surface area contributed by atoms with Crippen LogP contribution in [0.5, 0.6) is 0 Å². The number of benzene rings is 2. The van der Waals surface area contributed by atoms with Gasteiger partial charge in [0.25, 0.3) is 8.32 Å². The van der Waals surface area contributed by atoms with Crippen LogP contribution in [0.15, 0.2) is 60.7 Å². The fourth-order valence-electron chi connectivity index (χ4n) is 4.57. The molecule has 2 atom stereocenters. The van der Waals surface area contributed by atoms with E-state index in [0.29, 0.717) is 0 Å². The Morgan fingerprint density at radius 2 is 1.25 bits per heavy atom. The van der Waals surface area contributed by atoms with E-state index >= 15 is 0 Å². The second-order valence-corrected chi connectivity index (χ2v) is 15.8. The normalized spacial score (nSPS) is 13.6. The molecular weight excluding hydrogens is 528 g/mol. The van der Waals surface area contributed by atoms with Gasteiger partial charge >= 0.3 is 18.0 Å². The molecule has 0 heterocycles. The smallest absolute Gasteiger partial charge is 0.408 e. The fraction of sp³-hybridized carbons (Fsp3) is 0.500. The van der Waals surface area contributed by atoms with E-state index in [4.69, 9.17) is 18.6 Å². The standard InChI is InChI=1S/C30H44N2O7Si/c1-29(2,3)39-28(35)32-24(26(33)36-7)19-20-31-25(27(34)37-8)21-38-40(30(4,5)6,22-15-11-9-12-16-22)23-17-13-10-14-18-23/h9-18,24-25,31H,19-21H2,1-8H3,(H,32,35)/t24?,25-/m1/s1. The summed E-state index contributed by atoms with van der Waals surface area (Å²) in [5, 5.41) is 7.60. The average Bonchev–Trinajstić information content (AvgIpc) is 2.90. The molecule has 9 nitrogen and oxygen atoms in total. The van der Waals surface area contributed by atoms with E-state index in [0.717, 1.165) is 10.4 Å². The highest BCUT2D eigenvalue weighted by molar-refractivity contribution is 6.99. The van der Waals surface area contributed by atoms with E-state index < -0.39 is 44.0 Å². The second-order valence-electron chi connectivity index (χ2n) is 11.5. The average molecular weight is 573 g/mol. The third-order valence-electron chi connectivity index (χ3n) is 6.37. The summed E-state index contributed by atoms with van der Waals surface area (Å²) in [6, 6.07) is 18.5. The van der Waals surface area contributed by atoms with Gasteiger partial charge in [0.2, 0.25) is 0 Å². The molecule has 2 aromatic rings. The molecule has 40 heavy (non-hydrogen) atoms. The van der Waals surface area contributed by atoms with Crippen molar-refractivity contribution in [2.24, 2.45) is 0 Å². The number of rotatable bonds is 12. The molecule has 2 rings (SSSR count). The predicted molar refractivity (Wildman–Crippen MR) is 157 cm³/mol. The molecule has 0 radical (unpaired) electrons. The van der Waals surface area contributed by atoms with Crippen molar-refractivity contribution in [3.8, 4) is 0 Å². The first-order valence-electron chi connectivity index (χ1n) is 13.4. The number of ether oxygens (including phenoxy) is 3. The van der Waals surface area contributed by atoms with E-state index in [9.17, 15) is 14.4 Å². The van der Waals surface area contributed by atoms with Crippen LogP contribution in [0, 0.1) is 0 Å². The van der Waals surface area contributed by atoms with Gasteiger partial charge in [-0.1, -0.05) is 81.4 Å². The molecule has 0 bridgehead atoms. The highest BCUT2D eigenvalue weighted by Crippen LogP contribution is 2.36. The lowest BCUT2D eigenvalue weighted by molar-refractivity contribution is -0.144. The van der Waals surface area contributed by atoms with Gasteiger partial charge in [-0.2, -0.15) is 0 Å². The lowest BCUT2D eigenvalue weighted by atomic mass is 10.2. The number of amides is 1. The molecule has 0 saturated heterocycles. The third kappa shape index (κ3) is 8.90. The minimum Gasteiger partial charge on any atom is -0.468 e. The fourth-order valence-corrected chi connectivity index (χ4v) is 9.14. The van der Waals surface area contributed by atoms with Crippen molar-refractivity contribution in [2.75, 3.05) is 27.4 Å². The van der Waals surface area contributed by atoms with Crippen molar-refractivity contribution >= 4 is 36.7 Å². The summed E-state index contributed by atoms with van der Waals surface area (Å²) in [6.07, 6.45) is -0.582. The first-order valence-corrected chi connectivity index (χ1v) is 15.3. The summed E-state index contributed by atoms with van der Waals surface area (Å²) in [7, 11) is -0.330. The Balaban J connectivity index is 2.27. The Kier molecular flexibility index (Phi) is 11.9. The molecule has 0 spiro atoms. The van der Waals surface area contributed by atoms with Gasteiger partial charge in [-0.25, -0.2) is 9.59 Å². The maximum Gasteiger partial charge on any atom is 0.408 e. The van der Waals surface area contributed by atoms with Crippen LogP contribution in [0.25, 0.3) is 0 Å². The molecule has 0 saturated carbocycles. The molecule has 0 aliphatic heterocycles. The summed E-state index contributed by atoms with van der Waals surface area (Å²) in [6.45, 7) is 11.9. The van der Waals surface area contributed by atoms with Crippen LogP contribution in [0.2, 0.25) is 5.04 Å². The molecule has 0 aromatic heterocycles. The molecule has 1 amide bonds. The van der Waals surface area contributed by atoms with Gasteiger partial charge in [0.1, 0.15) is 17.7 Å². The van der Waals surface area contributed by atoms with Crippen molar-refractivity contribution in [1.29, 1.82) is 0 Å². The number of hydrogen-bond acceptors (Lipinski definition) is 8. The summed E-state index contributed by atoms with van der Waals surface area (Å²) < 4.78 is 22.1. The zero-order valence-electron chi connectivity index (χ0n) is 24.9. The number of methoxy groups -OCH3 is 2. The Morgan fingerprint density at radius 1 is 0.775 bits per heavy atom. The monoisotopic (exact) mass is 572 g/mol. The minimum absolute atomic E-state index is 0.0440. The van der Waals surface area contributed by atoms with Crippen LogP contribution < -0.4 is 21.0 Å². The molecule has 2 N–H and O–H groups in total. The molecule has 0 fully saturated rings.